The number of imidazole rings is 1. The van der Waals surface area contributed by atoms with Crippen molar-refractivity contribution in [2.75, 3.05) is 11.9 Å². The van der Waals surface area contributed by atoms with Gasteiger partial charge in [-0.15, -0.1) is 6.42 Å². The number of aromatic nitrogens is 4. The second kappa shape index (κ2) is 10.7. The minimum Gasteiger partial charge on any atom is -0.463 e. The summed E-state index contributed by atoms with van der Waals surface area (Å²) in [5, 5.41) is 2.47. The number of amides is 1. The molecule has 3 heterocycles. The van der Waals surface area contributed by atoms with Crippen LogP contribution in [0.4, 0.5) is 10.3 Å². The van der Waals surface area contributed by atoms with E-state index in [1.54, 1.807) is 41.5 Å². The molecule has 0 bridgehead atoms. The number of nitrogens with zero attached hydrogens (tertiary/aromatic N) is 3. The van der Waals surface area contributed by atoms with Gasteiger partial charge < -0.3 is 14.2 Å². The maximum atomic E-state index is 16.5. The number of hydrogen-bond donors (Lipinski definition) is 2. The molecule has 0 saturated carbocycles. The quantitative estimate of drug-likeness (QED) is 0.392. The lowest BCUT2D eigenvalue weighted by molar-refractivity contribution is -0.164. The zero-order valence-electron chi connectivity index (χ0n) is 21.4. The first-order chi connectivity index (χ1) is 17.3. The van der Waals surface area contributed by atoms with Gasteiger partial charge in [0.15, 0.2) is 23.5 Å². The summed E-state index contributed by atoms with van der Waals surface area (Å²) >= 11 is 0. The Kier molecular flexibility index (Phi) is 8.02. The van der Waals surface area contributed by atoms with Gasteiger partial charge in [0.1, 0.15) is 12.7 Å². The molecular weight excluding hydrogens is 489 g/mol. The molecule has 37 heavy (non-hydrogen) atoms. The van der Waals surface area contributed by atoms with Crippen LogP contribution in [0.5, 0.6) is 0 Å². The Morgan fingerprint density at radius 2 is 1.86 bits per heavy atom. The molecule has 0 aliphatic carbocycles. The van der Waals surface area contributed by atoms with Crippen LogP contribution in [0.1, 0.15) is 47.8 Å². The van der Waals surface area contributed by atoms with Crippen molar-refractivity contribution in [3.63, 3.8) is 0 Å². The molecule has 0 unspecified atom stereocenters. The van der Waals surface area contributed by atoms with Crippen LogP contribution in [-0.2, 0) is 28.6 Å². The highest BCUT2D eigenvalue weighted by Crippen LogP contribution is 2.44. The first kappa shape index (κ1) is 27.8. The third kappa shape index (κ3) is 5.48. The van der Waals surface area contributed by atoms with Crippen LogP contribution in [0.3, 0.4) is 0 Å². The molecule has 200 valence electrons. The summed E-state index contributed by atoms with van der Waals surface area (Å²) in [6.07, 6.45) is 2.09. The Morgan fingerprint density at radius 1 is 1.22 bits per heavy atom. The fourth-order valence-electron chi connectivity index (χ4n) is 3.47. The van der Waals surface area contributed by atoms with Crippen LogP contribution in [0.25, 0.3) is 11.2 Å². The minimum atomic E-state index is -2.77. The molecule has 0 aromatic carbocycles. The number of H-pyrrole nitrogens is 1. The summed E-state index contributed by atoms with van der Waals surface area (Å²) in [5.74, 6) is -1.39. The molecule has 4 atom stereocenters. The van der Waals surface area contributed by atoms with Gasteiger partial charge in [-0.05, 0) is 0 Å². The molecule has 3 rings (SSSR count). The Morgan fingerprint density at radius 3 is 2.43 bits per heavy atom. The van der Waals surface area contributed by atoms with Crippen molar-refractivity contribution in [1.82, 2.24) is 19.5 Å². The first-order valence-electron chi connectivity index (χ1n) is 11.8. The maximum absolute atomic E-state index is 16.5. The van der Waals surface area contributed by atoms with E-state index in [4.69, 9.17) is 20.6 Å². The summed E-state index contributed by atoms with van der Waals surface area (Å²) in [4.78, 5) is 59.7. The largest absolute Gasteiger partial charge is 0.463 e. The van der Waals surface area contributed by atoms with Gasteiger partial charge in [-0.1, -0.05) is 47.5 Å². The van der Waals surface area contributed by atoms with Gasteiger partial charge in [-0.25, -0.2) is 9.37 Å². The van der Waals surface area contributed by atoms with E-state index in [9.17, 15) is 19.2 Å². The highest BCUT2D eigenvalue weighted by molar-refractivity contribution is 5.91. The second-order valence-corrected chi connectivity index (χ2v) is 9.62. The Bertz CT molecular complexity index is 1290. The minimum absolute atomic E-state index is 0.140. The zero-order valence-corrected chi connectivity index (χ0v) is 21.4. The van der Waals surface area contributed by atoms with Crippen LogP contribution in [0.15, 0.2) is 11.1 Å². The molecule has 12 nitrogen and oxygen atoms in total. The van der Waals surface area contributed by atoms with E-state index in [-0.39, 0.29) is 17.1 Å². The first-order valence-corrected chi connectivity index (χ1v) is 11.8. The smallest absolute Gasteiger partial charge is 0.308 e. The summed E-state index contributed by atoms with van der Waals surface area (Å²) in [6, 6.07) is 0. The molecule has 0 spiro atoms. The summed E-state index contributed by atoms with van der Waals surface area (Å²) in [5.41, 5.74) is -3.77. The van der Waals surface area contributed by atoms with E-state index in [0.29, 0.717) is 0 Å². The standard InChI is InChI=1S/C24H30FN5O7/c1-8-24(25)16(37-21(34)13(6)7)14(9-35-20(33)12(4)5)36-22(24)30-10-26-15-17(30)27-23(29-19(15)32)28-18(31)11(2)3/h1,10-14,16,22H,9H2,2-7H3,(H2,27,28,29,31,32)/t14-,16-,22+,24-/m1/s1. The van der Waals surface area contributed by atoms with Crippen molar-refractivity contribution in [2.24, 2.45) is 17.8 Å². The highest BCUT2D eigenvalue weighted by Gasteiger charge is 2.61. The molecule has 1 amide bonds. The van der Waals surface area contributed by atoms with Crippen molar-refractivity contribution in [3.8, 4) is 12.3 Å². The van der Waals surface area contributed by atoms with E-state index in [1.807, 2.05) is 5.92 Å². The number of alkyl halides is 1. The highest BCUT2D eigenvalue weighted by atomic mass is 19.1. The number of rotatable bonds is 8. The molecule has 0 radical (unpaired) electrons. The number of ether oxygens (including phenoxy) is 3. The Hall–Kier alpha value is -3.79. The predicted molar refractivity (Wildman–Crippen MR) is 129 cm³/mol. The zero-order chi connectivity index (χ0) is 27.7. The van der Waals surface area contributed by atoms with Crippen molar-refractivity contribution in [1.29, 1.82) is 0 Å². The molecule has 13 heteroatoms. The van der Waals surface area contributed by atoms with Crippen LogP contribution >= 0.6 is 0 Å². The molecule has 1 aliphatic heterocycles. The lowest BCUT2D eigenvalue weighted by atomic mass is 9.96. The van der Waals surface area contributed by atoms with Gasteiger partial charge in [0.2, 0.25) is 11.9 Å². The van der Waals surface area contributed by atoms with E-state index in [2.05, 4.69) is 20.3 Å². The molecule has 2 aromatic heterocycles. The Labute approximate surface area is 212 Å². The van der Waals surface area contributed by atoms with Crippen LogP contribution in [0.2, 0.25) is 0 Å². The number of aromatic amines is 1. The molecule has 2 N–H and O–H groups in total. The number of terminal acetylenes is 1. The molecule has 1 fully saturated rings. The van der Waals surface area contributed by atoms with E-state index < -0.39 is 71.9 Å². The second-order valence-electron chi connectivity index (χ2n) is 9.62. The van der Waals surface area contributed by atoms with Crippen LogP contribution in [-0.4, -0.2) is 61.8 Å². The number of esters is 2. The number of fused-ring (bicyclic) bond motifs is 1. The SMILES string of the molecule is C#C[C@@]1(F)[C@H](OC(=O)C(C)C)[C@@H](COC(=O)C(C)C)O[C@@H]1n1cnc2c(=O)[nH]c(NC(=O)C(C)C)nc21. The van der Waals surface area contributed by atoms with Crippen molar-refractivity contribution >= 4 is 35.0 Å². The van der Waals surface area contributed by atoms with Crippen molar-refractivity contribution in [2.45, 2.75) is 65.6 Å². The topological polar surface area (TPSA) is 154 Å². The number of anilines is 1. The fourth-order valence-corrected chi connectivity index (χ4v) is 3.47. The van der Waals surface area contributed by atoms with Gasteiger partial charge >= 0.3 is 11.9 Å². The number of hydrogen-bond acceptors (Lipinski definition) is 9. The number of carbonyl (C=O) groups excluding carboxylic acids is 3. The number of nitrogens with one attached hydrogen (secondary N) is 2. The molecule has 1 aliphatic rings. The molecule has 2 aromatic rings. The van der Waals surface area contributed by atoms with Crippen molar-refractivity contribution in [3.05, 3.63) is 16.7 Å². The monoisotopic (exact) mass is 519 g/mol. The summed E-state index contributed by atoms with van der Waals surface area (Å²) in [7, 11) is 0. The lowest BCUT2D eigenvalue weighted by Crippen LogP contribution is -2.46. The molecular formula is C24H30FN5O7. The summed E-state index contributed by atoms with van der Waals surface area (Å²) in [6.45, 7) is 9.21. The van der Waals surface area contributed by atoms with Gasteiger partial charge in [0.05, 0.1) is 18.2 Å². The van der Waals surface area contributed by atoms with Crippen molar-refractivity contribution < 1.29 is 33.0 Å². The normalized spacial score (nSPS) is 23.4. The van der Waals surface area contributed by atoms with Gasteiger partial charge in [0, 0.05) is 5.92 Å². The van der Waals surface area contributed by atoms with Gasteiger partial charge in [-0.2, -0.15) is 4.98 Å². The van der Waals surface area contributed by atoms with E-state index in [1.165, 1.54) is 0 Å². The average Bonchev–Trinajstić information content (AvgIpc) is 3.36. The van der Waals surface area contributed by atoms with Crippen LogP contribution < -0.4 is 10.9 Å². The predicted octanol–water partition coefficient (Wildman–Crippen LogP) is 1.72. The van der Waals surface area contributed by atoms with Crippen LogP contribution in [0, 0.1) is 30.1 Å². The van der Waals surface area contributed by atoms with E-state index >= 15 is 4.39 Å². The van der Waals surface area contributed by atoms with Gasteiger partial charge in [-0.3, -0.25) is 34.0 Å². The number of carbonyl (C=O) groups is 3. The van der Waals surface area contributed by atoms with Gasteiger partial charge in [0.25, 0.3) is 11.2 Å². The third-order valence-corrected chi connectivity index (χ3v) is 5.66. The third-order valence-electron chi connectivity index (χ3n) is 5.66. The molecule has 1 saturated heterocycles. The Balaban J connectivity index is 2.07. The maximum Gasteiger partial charge on any atom is 0.308 e. The van der Waals surface area contributed by atoms with E-state index in [0.717, 1.165) is 10.9 Å². The number of halogens is 1. The average molecular weight is 520 g/mol. The fraction of sp³-hybridized carbons (Fsp3) is 0.583. The summed E-state index contributed by atoms with van der Waals surface area (Å²) < 4.78 is 34.1. The lowest BCUT2D eigenvalue weighted by Gasteiger charge is -2.27.